The van der Waals surface area contributed by atoms with Gasteiger partial charge in [-0.15, -0.1) is 0 Å². The van der Waals surface area contributed by atoms with E-state index in [0.717, 1.165) is 0 Å². The molecule has 0 saturated carbocycles. The lowest BCUT2D eigenvalue weighted by molar-refractivity contribution is 0.590. The van der Waals surface area contributed by atoms with Crippen molar-refractivity contribution in [3.05, 3.63) is 119 Å². The summed E-state index contributed by atoms with van der Waals surface area (Å²) < 4.78 is 0. The van der Waals surface area contributed by atoms with Crippen molar-refractivity contribution in [3.8, 4) is 0 Å². The molecule has 1 heteroatoms. The van der Waals surface area contributed by atoms with Gasteiger partial charge in [-0.3, -0.25) is 0 Å². The van der Waals surface area contributed by atoms with Gasteiger partial charge in [0.15, 0.2) is 0 Å². The minimum Gasteiger partial charge on any atom is -0.195 e. The molecule has 0 amide bonds. The summed E-state index contributed by atoms with van der Waals surface area (Å²) in [5, 5.41) is 0. The van der Waals surface area contributed by atoms with Crippen LogP contribution in [-0.2, 0) is 21.7 Å². The average Bonchev–Trinajstić information content (AvgIpc) is 2.88. The molecule has 0 radical (unpaired) electrons. The summed E-state index contributed by atoms with van der Waals surface area (Å²) in [6.07, 6.45) is -1.43. The van der Waals surface area contributed by atoms with Crippen molar-refractivity contribution in [2.75, 3.05) is 0 Å². The van der Waals surface area contributed by atoms with Gasteiger partial charge in [0.25, 0.3) is 0 Å². The number of benzene rings is 4. The lowest BCUT2D eigenvalue weighted by atomic mass is 9.13. The van der Waals surface area contributed by atoms with Gasteiger partial charge in [-0.05, 0) is 43.9 Å². The van der Waals surface area contributed by atoms with Crippen LogP contribution in [0.3, 0.4) is 0 Å². The quantitative estimate of drug-likeness (QED) is 0.227. The summed E-state index contributed by atoms with van der Waals surface area (Å²) in [4.78, 5) is 0. The molecule has 216 valence electrons. The summed E-state index contributed by atoms with van der Waals surface area (Å²) in [5.41, 5.74) is 11.3. The van der Waals surface area contributed by atoms with Crippen molar-refractivity contribution in [2.24, 2.45) is 0 Å². The van der Waals surface area contributed by atoms with Gasteiger partial charge >= 0.3 is 0 Å². The Morgan fingerprint density at radius 2 is 0.415 bits per heavy atom. The van der Waals surface area contributed by atoms with Crippen LogP contribution in [0.25, 0.3) is 0 Å². The molecular weight excluding hydrogens is 491 g/mol. The maximum Gasteiger partial charge on any atom is 0.108 e. The van der Waals surface area contributed by atoms with Gasteiger partial charge in [-0.2, -0.15) is 21.9 Å². The first-order valence-electron chi connectivity index (χ1n) is 15.4. The van der Waals surface area contributed by atoms with Gasteiger partial charge in [-0.25, -0.2) is 0 Å². The minimum atomic E-state index is -1.43. The van der Waals surface area contributed by atoms with Crippen LogP contribution in [0.15, 0.2) is 97.1 Å². The van der Waals surface area contributed by atoms with Gasteiger partial charge in [-0.1, -0.05) is 180 Å². The zero-order chi connectivity index (χ0) is 30.4. The molecule has 0 heterocycles. The molecule has 0 spiro atoms. The SMILES string of the molecule is CC(C)(C)c1ccc([B-](c2ccc(C(C)(C)C)cc2)(c2ccc(C(C)(C)C)cc2)c2ccc(C(C)(C)C)cc2)cc1. The fourth-order valence-electron chi connectivity index (χ4n) is 6.24. The highest BCUT2D eigenvalue weighted by Crippen LogP contribution is 2.26. The normalized spacial score (nSPS) is 13.4. The summed E-state index contributed by atoms with van der Waals surface area (Å²) in [6.45, 7) is 27.5. The van der Waals surface area contributed by atoms with E-state index in [1.165, 1.54) is 44.1 Å². The summed E-state index contributed by atoms with van der Waals surface area (Å²) in [7, 11) is 0. The van der Waals surface area contributed by atoms with Crippen LogP contribution in [0.2, 0.25) is 0 Å². The molecule has 0 fully saturated rings. The Bertz CT molecular complexity index is 1210. The van der Waals surface area contributed by atoms with E-state index in [0.29, 0.717) is 0 Å². The molecule has 4 rings (SSSR count). The molecule has 0 saturated heterocycles. The van der Waals surface area contributed by atoms with Gasteiger partial charge in [0, 0.05) is 0 Å². The molecule has 0 aliphatic heterocycles. The molecule has 0 bridgehead atoms. The molecule has 0 N–H and O–H groups in total. The van der Waals surface area contributed by atoms with E-state index in [-0.39, 0.29) is 21.7 Å². The Morgan fingerprint density at radius 3 is 0.537 bits per heavy atom. The van der Waals surface area contributed by atoms with Gasteiger partial charge < -0.3 is 0 Å². The van der Waals surface area contributed by atoms with E-state index in [1.807, 2.05) is 0 Å². The van der Waals surface area contributed by atoms with Crippen LogP contribution in [0.5, 0.6) is 0 Å². The molecule has 0 unspecified atom stereocenters. The summed E-state index contributed by atoms with van der Waals surface area (Å²) in [5.74, 6) is 0. The standard InChI is InChI=1S/C40H52B/c1-37(2,3)29-13-21-33(22-14-29)41(34-23-15-30(16-24-34)38(4,5)6,35-25-17-31(18-26-35)39(7,8)9)36-27-19-32(20-28-36)40(10,11)12/h13-28H,1-12H3/q-1. The second-order valence-corrected chi connectivity index (χ2v) is 16.4. The van der Waals surface area contributed by atoms with Crippen LogP contribution in [-0.4, -0.2) is 6.15 Å². The first-order chi connectivity index (χ1) is 18.8. The molecule has 0 aliphatic rings. The highest BCUT2D eigenvalue weighted by Gasteiger charge is 2.33. The Balaban J connectivity index is 2.09. The Labute approximate surface area is 251 Å². The van der Waals surface area contributed by atoms with E-state index < -0.39 is 6.15 Å². The highest BCUT2D eigenvalue weighted by atomic mass is 14.2. The zero-order valence-electron chi connectivity index (χ0n) is 27.8. The minimum absolute atomic E-state index is 0.102. The molecule has 4 aromatic carbocycles. The van der Waals surface area contributed by atoms with Gasteiger partial charge in [0.1, 0.15) is 6.15 Å². The summed E-state index contributed by atoms with van der Waals surface area (Å²) >= 11 is 0. The van der Waals surface area contributed by atoms with Crippen molar-refractivity contribution in [3.63, 3.8) is 0 Å². The van der Waals surface area contributed by atoms with Crippen molar-refractivity contribution < 1.29 is 0 Å². The Kier molecular flexibility index (Phi) is 8.03. The van der Waals surface area contributed by atoms with Gasteiger partial charge in [0.2, 0.25) is 0 Å². The molecule has 0 nitrogen and oxygen atoms in total. The number of hydrogen-bond acceptors (Lipinski definition) is 0. The first kappa shape index (κ1) is 30.9. The predicted octanol–water partition coefficient (Wildman–Crippen LogP) is 8.25. The van der Waals surface area contributed by atoms with Crippen molar-refractivity contribution in [1.82, 2.24) is 0 Å². The lowest BCUT2D eigenvalue weighted by Crippen LogP contribution is -2.74. The average molecular weight is 544 g/mol. The molecule has 0 atom stereocenters. The Morgan fingerprint density at radius 1 is 0.268 bits per heavy atom. The van der Waals surface area contributed by atoms with Crippen molar-refractivity contribution in [1.29, 1.82) is 0 Å². The van der Waals surface area contributed by atoms with E-state index in [4.69, 9.17) is 0 Å². The number of hydrogen-bond donors (Lipinski definition) is 0. The fourth-order valence-corrected chi connectivity index (χ4v) is 6.24. The van der Waals surface area contributed by atoms with Gasteiger partial charge in [0.05, 0.1) is 0 Å². The van der Waals surface area contributed by atoms with Crippen LogP contribution in [0, 0.1) is 0 Å². The lowest BCUT2D eigenvalue weighted by Gasteiger charge is -2.45. The maximum absolute atomic E-state index is 2.40. The third-order valence-corrected chi connectivity index (χ3v) is 9.11. The van der Waals surface area contributed by atoms with Crippen LogP contribution in [0.1, 0.15) is 105 Å². The molecule has 41 heavy (non-hydrogen) atoms. The molecule has 0 aromatic heterocycles. The molecular formula is C40H52B-. The first-order valence-corrected chi connectivity index (χ1v) is 15.4. The fraction of sp³-hybridized carbons (Fsp3) is 0.400. The zero-order valence-corrected chi connectivity index (χ0v) is 27.8. The number of rotatable bonds is 4. The van der Waals surface area contributed by atoms with E-state index in [2.05, 4.69) is 180 Å². The maximum atomic E-state index is 2.40. The smallest absolute Gasteiger partial charge is 0.108 e. The summed E-state index contributed by atoms with van der Waals surface area (Å²) in [6, 6.07) is 38.0. The van der Waals surface area contributed by atoms with Crippen molar-refractivity contribution >= 4 is 28.0 Å². The Hall–Kier alpha value is -3.06. The highest BCUT2D eigenvalue weighted by molar-refractivity contribution is 7.19. The second-order valence-electron chi connectivity index (χ2n) is 16.4. The monoisotopic (exact) mass is 543 g/mol. The largest absolute Gasteiger partial charge is 0.195 e. The molecule has 0 aliphatic carbocycles. The van der Waals surface area contributed by atoms with E-state index in [1.54, 1.807) is 0 Å². The predicted molar refractivity (Wildman–Crippen MR) is 185 cm³/mol. The van der Waals surface area contributed by atoms with Crippen LogP contribution in [0.4, 0.5) is 0 Å². The van der Waals surface area contributed by atoms with Crippen LogP contribution >= 0.6 is 0 Å². The topological polar surface area (TPSA) is 0 Å². The van der Waals surface area contributed by atoms with E-state index in [9.17, 15) is 0 Å². The third-order valence-electron chi connectivity index (χ3n) is 9.11. The van der Waals surface area contributed by atoms with Crippen molar-refractivity contribution in [2.45, 2.75) is 105 Å². The molecule has 4 aromatic rings. The van der Waals surface area contributed by atoms with Crippen LogP contribution < -0.4 is 21.9 Å². The van der Waals surface area contributed by atoms with E-state index >= 15 is 0 Å². The third kappa shape index (κ3) is 6.25. The second kappa shape index (κ2) is 10.7.